The third kappa shape index (κ3) is 5.47. The lowest BCUT2D eigenvalue weighted by atomic mass is 9.89. The molecule has 1 saturated heterocycles. The molecule has 5 aromatic rings. The first-order valence-electron chi connectivity index (χ1n) is 13.9. The van der Waals surface area contributed by atoms with E-state index in [1.54, 1.807) is 53.2 Å². The maximum absolute atomic E-state index is 14.3. The zero-order valence-electron chi connectivity index (χ0n) is 23.1. The molecule has 41 heavy (non-hydrogen) atoms. The van der Waals surface area contributed by atoms with Crippen LogP contribution in [-0.4, -0.2) is 39.6 Å². The van der Waals surface area contributed by atoms with Crippen molar-refractivity contribution >= 4 is 34.3 Å². The zero-order valence-corrected chi connectivity index (χ0v) is 23.8. The summed E-state index contributed by atoms with van der Waals surface area (Å²) < 4.78 is 16.0. The molecule has 208 valence electrons. The van der Waals surface area contributed by atoms with E-state index in [2.05, 4.69) is 46.5 Å². The lowest BCUT2D eigenvalue weighted by Gasteiger charge is -2.29. The van der Waals surface area contributed by atoms with Gasteiger partial charge >= 0.3 is 0 Å². The number of likely N-dealkylation sites (tertiary alicyclic amines) is 1. The lowest BCUT2D eigenvalue weighted by molar-refractivity contribution is 0.255. The van der Waals surface area contributed by atoms with E-state index in [9.17, 15) is 9.18 Å². The molecule has 3 aromatic carbocycles. The summed E-state index contributed by atoms with van der Waals surface area (Å²) in [5.74, 6) is 0.686. The van der Waals surface area contributed by atoms with Crippen molar-refractivity contribution in [3.05, 3.63) is 106 Å². The number of rotatable bonds is 6. The van der Waals surface area contributed by atoms with Crippen LogP contribution in [-0.2, 0) is 6.54 Å². The standard InChI is InChI=1S/C33H31ClFN5O/c1-3-40-31-24(18-28(32(40)41)27-13-10-23(19-29(27)34)26-6-4-5-7-30(26)35)20-36-33(38-31)37-25-11-8-21(9-12-25)22-14-16-39(2)17-15-22/h4-13,18-20,22H,3,14-17H2,1-2H3,(H,36,37,38). The Balaban J connectivity index is 1.29. The fourth-order valence-corrected chi connectivity index (χ4v) is 5.89. The second-order valence-corrected chi connectivity index (χ2v) is 11.0. The highest BCUT2D eigenvalue weighted by molar-refractivity contribution is 6.33. The number of nitrogens with zero attached hydrogens (tertiary/aromatic N) is 4. The van der Waals surface area contributed by atoms with E-state index in [4.69, 9.17) is 16.6 Å². The van der Waals surface area contributed by atoms with Crippen LogP contribution in [0.1, 0.15) is 31.2 Å². The number of benzene rings is 3. The topological polar surface area (TPSA) is 63.1 Å². The number of pyridine rings is 1. The Hall–Kier alpha value is -4.07. The fourth-order valence-electron chi connectivity index (χ4n) is 5.61. The van der Waals surface area contributed by atoms with E-state index in [0.717, 1.165) is 24.2 Å². The molecule has 2 aromatic heterocycles. The van der Waals surface area contributed by atoms with Crippen LogP contribution in [0.25, 0.3) is 33.3 Å². The van der Waals surface area contributed by atoms with E-state index >= 15 is 0 Å². The average molecular weight is 568 g/mol. The van der Waals surface area contributed by atoms with Gasteiger partial charge in [-0.1, -0.05) is 54.1 Å². The van der Waals surface area contributed by atoms with Crippen LogP contribution < -0.4 is 10.9 Å². The molecule has 0 spiro atoms. The number of nitrogens with one attached hydrogen (secondary N) is 1. The number of fused-ring (bicyclic) bond motifs is 1. The monoisotopic (exact) mass is 567 g/mol. The van der Waals surface area contributed by atoms with Crippen LogP contribution >= 0.6 is 11.6 Å². The molecule has 6 rings (SSSR count). The SMILES string of the molecule is CCn1c(=O)c(-c2ccc(-c3ccccc3F)cc2Cl)cc2cnc(Nc3ccc(C4CCN(C)CC4)cc3)nc21. The van der Waals surface area contributed by atoms with Crippen molar-refractivity contribution in [2.45, 2.75) is 32.2 Å². The minimum atomic E-state index is -0.329. The van der Waals surface area contributed by atoms with Gasteiger partial charge in [0.1, 0.15) is 11.5 Å². The van der Waals surface area contributed by atoms with Crippen LogP contribution in [0.15, 0.2) is 83.8 Å². The van der Waals surface area contributed by atoms with Gasteiger partial charge in [0.2, 0.25) is 5.95 Å². The second kappa shape index (κ2) is 11.4. The van der Waals surface area contributed by atoms with Crippen molar-refractivity contribution in [2.24, 2.45) is 0 Å². The minimum absolute atomic E-state index is 0.201. The summed E-state index contributed by atoms with van der Waals surface area (Å²) in [6, 6.07) is 22.0. The van der Waals surface area contributed by atoms with Crippen molar-refractivity contribution in [1.29, 1.82) is 0 Å². The maximum atomic E-state index is 14.3. The molecule has 1 aliphatic rings. The predicted octanol–water partition coefficient (Wildman–Crippen LogP) is 7.49. The number of aromatic nitrogens is 3. The number of hydrogen-bond acceptors (Lipinski definition) is 5. The van der Waals surface area contributed by atoms with Gasteiger partial charge in [0.15, 0.2) is 0 Å². The number of anilines is 2. The molecule has 0 bridgehead atoms. The highest BCUT2D eigenvalue weighted by atomic mass is 35.5. The Morgan fingerprint density at radius 3 is 2.44 bits per heavy atom. The molecule has 3 heterocycles. The van der Waals surface area contributed by atoms with Gasteiger partial charge in [-0.3, -0.25) is 9.36 Å². The smallest absolute Gasteiger partial charge is 0.260 e. The molecule has 8 heteroatoms. The first-order valence-corrected chi connectivity index (χ1v) is 14.3. The molecule has 0 aliphatic carbocycles. The number of halogens is 2. The highest BCUT2D eigenvalue weighted by Crippen LogP contribution is 2.33. The van der Waals surface area contributed by atoms with Gasteiger partial charge in [-0.2, -0.15) is 4.98 Å². The van der Waals surface area contributed by atoms with Gasteiger partial charge in [0, 0.05) is 45.5 Å². The normalized spacial score (nSPS) is 14.4. The summed E-state index contributed by atoms with van der Waals surface area (Å²) in [7, 11) is 2.17. The molecule has 6 nitrogen and oxygen atoms in total. The fraction of sp³-hybridized carbons (Fsp3) is 0.242. The largest absolute Gasteiger partial charge is 0.324 e. The van der Waals surface area contributed by atoms with Crippen LogP contribution in [0, 0.1) is 5.82 Å². The van der Waals surface area contributed by atoms with Crippen molar-refractivity contribution in [2.75, 3.05) is 25.5 Å². The zero-order chi connectivity index (χ0) is 28.5. The van der Waals surface area contributed by atoms with Gasteiger partial charge in [0.25, 0.3) is 5.56 Å². The third-order valence-electron chi connectivity index (χ3n) is 7.94. The summed E-state index contributed by atoms with van der Waals surface area (Å²) in [6.07, 6.45) is 4.07. The summed E-state index contributed by atoms with van der Waals surface area (Å²) >= 11 is 6.65. The van der Waals surface area contributed by atoms with Crippen LogP contribution in [0.4, 0.5) is 16.0 Å². The van der Waals surface area contributed by atoms with Crippen molar-refractivity contribution < 1.29 is 4.39 Å². The van der Waals surface area contributed by atoms with Crippen LogP contribution in [0.2, 0.25) is 5.02 Å². The van der Waals surface area contributed by atoms with E-state index in [0.29, 0.717) is 51.3 Å². The van der Waals surface area contributed by atoms with Gasteiger partial charge in [-0.05, 0) is 87.3 Å². The molecule has 0 amide bonds. The van der Waals surface area contributed by atoms with E-state index < -0.39 is 0 Å². The lowest BCUT2D eigenvalue weighted by Crippen LogP contribution is -2.29. The Kier molecular flexibility index (Phi) is 7.56. The van der Waals surface area contributed by atoms with Crippen molar-refractivity contribution in [3.63, 3.8) is 0 Å². The molecule has 1 fully saturated rings. The molecule has 1 N–H and O–H groups in total. The van der Waals surface area contributed by atoms with Crippen LogP contribution in [0.5, 0.6) is 0 Å². The van der Waals surface area contributed by atoms with Crippen LogP contribution in [0.3, 0.4) is 0 Å². The van der Waals surface area contributed by atoms with Gasteiger partial charge in [-0.15, -0.1) is 0 Å². The number of piperidine rings is 1. The first kappa shape index (κ1) is 27.1. The molecule has 0 atom stereocenters. The van der Waals surface area contributed by atoms with Gasteiger partial charge in [-0.25, -0.2) is 9.37 Å². The molecule has 0 unspecified atom stereocenters. The van der Waals surface area contributed by atoms with Gasteiger partial charge in [0.05, 0.1) is 0 Å². The Morgan fingerprint density at radius 1 is 0.976 bits per heavy atom. The van der Waals surface area contributed by atoms with Crippen molar-refractivity contribution in [1.82, 2.24) is 19.4 Å². The van der Waals surface area contributed by atoms with E-state index in [-0.39, 0.29) is 11.4 Å². The Morgan fingerprint density at radius 2 is 1.73 bits per heavy atom. The molecule has 0 saturated carbocycles. The maximum Gasteiger partial charge on any atom is 0.260 e. The number of hydrogen-bond donors (Lipinski definition) is 1. The summed E-state index contributed by atoms with van der Waals surface area (Å²) in [4.78, 5) is 25.2. The second-order valence-electron chi connectivity index (χ2n) is 10.6. The number of aryl methyl sites for hydroxylation is 1. The van der Waals surface area contributed by atoms with Gasteiger partial charge < -0.3 is 10.2 Å². The summed E-state index contributed by atoms with van der Waals surface area (Å²) in [5.41, 5.74) is 4.71. The molecular weight excluding hydrogens is 537 g/mol. The highest BCUT2D eigenvalue weighted by Gasteiger charge is 2.19. The minimum Gasteiger partial charge on any atom is -0.324 e. The third-order valence-corrected chi connectivity index (χ3v) is 8.26. The van der Waals surface area contributed by atoms with E-state index in [1.165, 1.54) is 24.5 Å². The molecule has 0 radical (unpaired) electrons. The summed E-state index contributed by atoms with van der Waals surface area (Å²) in [5, 5.41) is 4.38. The first-order chi connectivity index (χ1) is 19.9. The summed E-state index contributed by atoms with van der Waals surface area (Å²) in [6.45, 7) is 4.59. The Bertz CT molecular complexity index is 1780. The quantitative estimate of drug-likeness (QED) is 0.230. The average Bonchev–Trinajstić information content (AvgIpc) is 2.98. The molecular formula is C33H31ClFN5O. The molecule has 1 aliphatic heterocycles. The van der Waals surface area contributed by atoms with Crippen molar-refractivity contribution in [3.8, 4) is 22.3 Å². The van der Waals surface area contributed by atoms with E-state index in [1.807, 2.05) is 6.92 Å². The predicted molar refractivity (Wildman–Crippen MR) is 165 cm³/mol. The Labute approximate surface area is 243 Å².